The zero-order chi connectivity index (χ0) is 13.7. The number of ether oxygens (including phenoxy) is 1. The molecule has 0 atom stereocenters. The molecule has 1 aromatic heterocycles. The van der Waals surface area contributed by atoms with Crippen LogP contribution in [0.1, 0.15) is 12.5 Å². The molecular weight excluding hydrogens is 240 g/mol. The summed E-state index contributed by atoms with van der Waals surface area (Å²) in [6.45, 7) is 4.89. The number of anilines is 3. The van der Waals surface area contributed by atoms with Crippen LogP contribution in [0.15, 0.2) is 30.6 Å². The third-order valence-corrected chi connectivity index (χ3v) is 2.64. The Labute approximate surface area is 113 Å². The predicted molar refractivity (Wildman–Crippen MR) is 77.2 cm³/mol. The second-order valence-corrected chi connectivity index (χ2v) is 4.15. The first kappa shape index (κ1) is 13.1. The Morgan fingerprint density at radius 3 is 2.68 bits per heavy atom. The number of benzene rings is 1. The number of nitrogens with zero attached hydrogens (tertiary/aromatic N) is 2. The minimum absolute atomic E-state index is 0.731. The molecule has 1 heterocycles. The van der Waals surface area contributed by atoms with Gasteiger partial charge in [0.15, 0.2) is 0 Å². The fourth-order valence-corrected chi connectivity index (χ4v) is 1.76. The van der Waals surface area contributed by atoms with Crippen molar-refractivity contribution in [1.29, 1.82) is 0 Å². The normalized spacial score (nSPS) is 10.1. The maximum absolute atomic E-state index is 5.33. The summed E-state index contributed by atoms with van der Waals surface area (Å²) < 4.78 is 5.33. The van der Waals surface area contributed by atoms with Gasteiger partial charge >= 0.3 is 0 Å². The average molecular weight is 258 g/mol. The quantitative estimate of drug-likeness (QED) is 0.863. The SMILES string of the molecule is CCNc1cc(Nc2cc(C)ccc2OC)ncn1. The Morgan fingerprint density at radius 1 is 1.16 bits per heavy atom. The Morgan fingerprint density at radius 2 is 1.95 bits per heavy atom. The van der Waals surface area contributed by atoms with Gasteiger partial charge in [0, 0.05) is 12.6 Å². The molecule has 5 nitrogen and oxygen atoms in total. The largest absolute Gasteiger partial charge is 0.495 e. The number of hydrogen-bond donors (Lipinski definition) is 2. The number of rotatable bonds is 5. The molecule has 19 heavy (non-hydrogen) atoms. The summed E-state index contributed by atoms with van der Waals surface area (Å²) in [6, 6.07) is 7.83. The van der Waals surface area contributed by atoms with Crippen molar-refractivity contribution in [2.45, 2.75) is 13.8 Å². The highest BCUT2D eigenvalue weighted by atomic mass is 16.5. The van der Waals surface area contributed by atoms with E-state index in [4.69, 9.17) is 4.74 Å². The van der Waals surface area contributed by atoms with Crippen molar-refractivity contribution in [2.24, 2.45) is 0 Å². The van der Waals surface area contributed by atoms with Gasteiger partial charge in [-0.1, -0.05) is 6.07 Å². The van der Waals surface area contributed by atoms with E-state index in [0.29, 0.717) is 0 Å². The zero-order valence-electron chi connectivity index (χ0n) is 11.4. The van der Waals surface area contributed by atoms with Gasteiger partial charge < -0.3 is 15.4 Å². The molecule has 0 fully saturated rings. The van der Waals surface area contributed by atoms with Gasteiger partial charge in [0.1, 0.15) is 23.7 Å². The molecule has 0 aliphatic rings. The Balaban J connectivity index is 2.25. The molecule has 2 rings (SSSR count). The number of aryl methyl sites for hydroxylation is 1. The van der Waals surface area contributed by atoms with E-state index in [2.05, 4.69) is 20.6 Å². The molecule has 0 radical (unpaired) electrons. The van der Waals surface area contributed by atoms with Gasteiger partial charge in [0.2, 0.25) is 0 Å². The molecular formula is C14H18N4O. The molecule has 0 aliphatic carbocycles. The lowest BCUT2D eigenvalue weighted by molar-refractivity contribution is 0.416. The van der Waals surface area contributed by atoms with E-state index in [1.54, 1.807) is 7.11 Å². The molecule has 1 aromatic carbocycles. The minimum atomic E-state index is 0.731. The molecule has 0 unspecified atom stereocenters. The van der Waals surface area contributed by atoms with Crippen LogP contribution in [-0.2, 0) is 0 Å². The van der Waals surface area contributed by atoms with Crippen LogP contribution in [0.25, 0.3) is 0 Å². The van der Waals surface area contributed by atoms with Crippen molar-refractivity contribution in [2.75, 3.05) is 24.3 Å². The fraction of sp³-hybridized carbons (Fsp3) is 0.286. The van der Waals surface area contributed by atoms with E-state index >= 15 is 0 Å². The summed E-state index contributed by atoms with van der Waals surface area (Å²) in [5, 5.41) is 6.40. The fourth-order valence-electron chi connectivity index (χ4n) is 1.76. The first-order valence-corrected chi connectivity index (χ1v) is 6.20. The molecule has 0 spiro atoms. The highest BCUT2D eigenvalue weighted by molar-refractivity contribution is 5.66. The van der Waals surface area contributed by atoms with Crippen LogP contribution >= 0.6 is 0 Å². The van der Waals surface area contributed by atoms with E-state index in [0.717, 1.165) is 35.2 Å². The van der Waals surface area contributed by atoms with E-state index in [9.17, 15) is 0 Å². The van der Waals surface area contributed by atoms with Gasteiger partial charge in [-0.2, -0.15) is 0 Å². The summed E-state index contributed by atoms with van der Waals surface area (Å²) in [4.78, 5) is 8.34. The maximum Gasteiger partial charge on any atom is 0.142 e. The maximum atomic E-state index is 5.33. The van der Waals surface area contributed by atoms with Crippen LogP contribution in [-0.4, -0.2) is 23.6 Å². The second-order valence-electron chi connectivity index (χ2n) is 4.15. The van der Waals surface area contributed by atoms with Crippen molar-refractivity contribution >= 4 is 17.3 Å². The van der Waals surface area contributed by atoms with Crippen LogP contribution in [0.2, 0.25) is 0 Å². The lowest BCUT2D eigenvalue weighted by atomic mass is 10.2. The molecule has 0 aliphatic heterocycles. The van der Waals surface area contributed by atoms with Crippen molar-refractivity contribution in [3.8, 4) is 5.75 Å². The van der Waals surface area contributed by atoms with Crippen LogP contribution < -0.4 is 15.4 Å². The number of hydrogen-bond acceptors (Lipinski definition) is 5. The minimum Gasteiger partial charge on any atom is -0.495 e. The van der Waals surface area contributed by atoms with Gasteiger partial charge in [0.05, 0.1) is 12.8 Å². The highest BCUT2D eigenvalue weighted by Gasteiger charge is 2.05. The summed E-state index contributed by atoms with van der Waals surface area (Å²) in [5.41, 5.74) is 2.05. The summed E-state index contributed by atoms with van der Waals surface area (Å²) >= 11 is 0. The van der Waals surface area contributed by atoms with Gasteiger partial charge in [-0.3, -0.25) is 0 Å². The van der Waals surface area contributed by atoms with Crippen molar-refractivity contribution in [3.63, 3.8) is 0 Å². The van der Waals surface area contributed by atoms with E-state index in [1.165, 1.54) is 6.33 Å². The number of methoxy groups -OCH3 is 1. The van der Waals surface area contributed by atoms with Gasteiger partial charge in [-0.05, 0) is 31.5 Å². The molecule has 0 bridgehead atoms. The smallest absolute Gasteiger partial charge is 0.142 e. The standard InChI is InChI=1S/C14H18N4O/c1-4-15-13-8-14(17-9-16-13)18-11-7-10(2)5-6-12(11)19-3/h5-9H,4H2,1-3H3,(H2,15,16,17,18). The number of nitrogens with one attached hydrogen (secondary N) is 2. The topological polar surface area (TPSA) is 59.1 Å². The summed E-state index contributed by atoms with van der Waals surface area (Å²) in [6.07, 6.45) is 1.53. The highest BCUT2D eigenvalue weighted by Crippen LogP contribution is 2.28. The molecule has 100 valence electrons. The lowest BCUT2D eigenvalue weighted by Crippen LogP contribution is -2.02. The third kappa shape index (κ3) is 3.34. The average Bonchev–Trinajstić information content (AvgIpc) is 2.40. The van der Waals surface area contributed by atoms with Gasteiger partial charge in [-0.25, -0.2) is 9.97 Å². The van der Waals surface area contributed by atoms with Gasteiger partial charge in [-0.15, -0.1) is 0 Å². The van der Waals surface area contributed by atoms with Gasteiger partial charge in [0.25, 0.3) is 0 Å². The monoisotopic (exact) mass is 258 g/mol. The third-order valence-electron chi connectivity index (χ3n) is 2.64. The van der Waals surface area contributed by atoms with E-state index < -0.39 is 0 Å². The van der Waals surface area contributed by atoms with Crippen molar-refractivity contribution in [1.82, 2.24) is 9.97 Å². The molecule has 0 saturated carbocycles. The van der Waals surface area contributed by atoms with Crippen molar-refractivity contribution < 1.29 is 4.74 Å². The second kappa shape index (κ2) is 6.04. The molecule has 5 heteroatoms. The van der Waals surface area contributed by atoms with E-state index in [-0.39, 0.29) is 0 Å². The zero-order valence-corrected chi connectivity index (χ0v) is 11.4. The Bertz CT molecular complexity index is 557. The summed E-state index contributed by atoms with van der Waals surface area (Å²) in [7, 11) is 1.65. The van der Waals surface area contributed by atoms with Crippen LogP contribution in [0.3, 0.4) is 0 Å². The van der Waals surface area contributed by atoms with Crippen LogP contribution in [0, 0.1) is 6.92 Å². The van der Waals surface area contributed by atoms with Crippen LogP contribution in [0.5, 0.6) is 5.75 Å². The van der Waals surface area contributed by atoms with Crippen LogP contribution in [0.4, 0.5) is 17.3 Å². The predicted octanol–water partition coefficient (Wildman–Crippen LogP) is 2.97. The molecule has 0 saturated heterocycles. The summed E-state index contributed by atoms with van der Waals surface area (Å²) in [5.74, 6) is 2.32. The Hall–Kier alpha value is -2.30. The van der Waals surface area contributed by atoms with Crippen molar-refractivity contribution in [3.05, 3.63) is 36.2 Å². The number of aromatic nitrogens is 2. The molecule has 0 amide bonds. The van der Waals surface area contributed by atoms with E-state index in [1.807, 2.05) is 38.1 Å². The Kier molecular flexibility index (Phi) is 4.18. The lowest BCUT2D eigenvalue weighted by Gasteiger charge is -2.12. The first-order valence-electron chi connectivity index (χ1n) is 6.20. The molecule has 2 N–H and O–H groups in total. The first-order chi connectivity index (χ1) is 9.22. The molecule has 2 aromatic rings.